The van der Waals surface area contributed by atoms with Gasteiger partial charge < -0.3 is 15.0 Å². The van der Waals surface area contributed by atoms with Gasteiger partial charge in [-0.05, 0) is 49.3 Å². The van der Waals surface area contributed by atoms with E-state index in [2.05, 4.69) is 27.2 Å². The molecular weight excluding hydrogens is 443 g/mol. The predicted octanol–water partition coefficient (Wildman–Crippen LogP) is 3.82. The molecule has 6 nitrogen and oxygen atoms in total. The van der Waals surface area contributed by atoms with E-state index in [1.807, 2.05) is 24.3 Å². The first-order valence-corrected chi connectivity index (χ1v) is 9.11. The molecule has 1 aromatic carbocycles. The number of guanidine groups is 1. The molecule has 7 heteroatoms. The van der Waals surface area contributed by atoms with Gasteiger partial charge >= 0.3 is 6.09 Å². The molecule has 2 fully saturated rings. The van der Waals surface area contributed by atoms with E-state index in [0.717, 1.165) is 36.8 Å². The topological polar surface area (TPSA) is 66.0 Å². The maximum atomic E-state index is 11.2. The van der Waals surface area contributed by atoms with Crippen LogP contribution in [0.1, 0.15) is 38.2 Å². The van der Waals surface area contributed by atoms with E-state index in [-0.39, 0.29) is 24.0 Å². The lowest BCUT2D eigenvalue weighted by atomic mass is 9.68. The van der Waals surface area contributed by atoms with Crippen molar-refractivity contribution < 1.29 is 9.53 Å². The second-order valence-corrected chi connectivity index (χ2v) is 7.01. The number of ether oxygens (including phenoxy) is 1. The van der Waals surface area contributed by atoms with Gasteiger partial charge in [0, 0.05) is 25.3 Å². The number of benzene rings is 1. The average Bonchev–Trinajstić information content (AvgIpc) is 3.06. The van der Waals surface area contributed by atoms with Gasteiger partial charge in [-0.2, -0.15) is 0 Å². The normalized spacial score (nSPS) is 18.1. The Morgan fingerprint density at radius 3 is 2.54 bits per heavy atom. The highest BCUT2D eigenvalue weighted by Crippen LogP contribution is 2.47. The number of carbonyl (C=O) groups is 1. The fourth-order valence-corrected chi connectivity index (χ4v) is 3.66. The number of likely N-dealkylation sites (tertiary alicyclic amines) is 1. The van der Waals surface area contributed by atoms with Gasteiger partial charge in [-0.1, -0.05) is 18.6 Å². The summed E-state index contributed by atoms with van der Waals surface area (Å²) in [5.41, 5.74) is 2.40. The Balaban J connectivity index is 0.00000243. The van der Waals surface area contributed by atoms with Crippen molar-refractivity contribution in [2.45, 2.75) is 39.2 Å². The highest BCUT2D eigenvalue weighted by Gasteiger charge is 2.43. The number of amides is 1. The monoisotopic (exact) mass is 472 g/mol. The number of rotatable bonds is 4. The summed E-state index contributed by atoms with van der Waals surface area (Å²) in [7, 11) is 1.35. The Morgan fingerprint density at radius 2 is 2.00 bits per heavy atom. The zero-order chi connectivity index (χ0) is 17.7. The third-order valence-corrected chi connectivity index (χ3v) is 5.28. The van der Waals surface area contributed by atoms with Crippen LogP contribution in [0.2, 0.25) is 0 Å². The van der Waals surface area contributed by atoms with Crippen molar-refractivity contribution in [3.63, 3.8) is 0 Å². The summed E-state index contributed by atoms with van der Waals surface area (Å²) >= 11 is 0. The van der Waals surface area contributed by atoms with E-state index in [1.165, 1.54) is 32.8 Å². The maximum absolute atomic E-state index is 11.2. The summed E-state index contributed by atoms with van der Waals surface area (Å²) in [4.78, 5) is 18.4. The number of nitrogens with zero attached hydrogens (tertiary/aromatic N) is 2. The fraction of sp³-hybridized carbons (Fsp3) is 0.579. The standard InChI is InChI=1S/C19H28N4O2.HI/c1-3-20-17(23-12-11-19(14-23)9-4-10-19)21-13-15-5-7-16(8-6-15)22-18(24)25-2;/h5-8H,3-4,9-14H2,1-2H3,(H,20,21)(H,22,24);1H. The molecule has 2 N–H and O–H groups in total. The summed E-state index contributed by atoms with van der Waals surface area (Å²) < 4.78 is 4.59. The number of hydrogen-bond acceptors (Lipinski definition) is 3. The van der Waals surface area contributed by atoms with Crippen molar-refractivity contribution in [2.75, 3.05) is 32.1 Å². The van der Waals surface area contributed by atoms with E-state index in [1.54, 1.807) is 0 Å². The van der Waals surface area contributed by atoms with Crippen LogP contribution >= 0.6 is 24.0 Å². The molecular formula is C19H29IN4O2. The van der Waals surface area contributed by atoms with Crippen molar-refractivity contribution in [1.82, 2.24) is 10.2 Å². The number of nitrogens with one attached hydrogen (secondary N) is 2. The Labute approximate surface area is 172 Å². The van der Waals surface area contributed by atoms with Gasteiger partial charge in [0.05, 0.1) is 13.7 Å². The molecule has 3 rings (SSSR count). The summed E-state index contributed by atoms with van der Waals surface area (Å²) in [6.07, 6.45) is 4.97. The lowest BCUT2D eigenvalue weighted by Crippen LogP contribution is -2.42. The van der Waals surface area contributed by atoms with Crippen molar-refractivity contribution in [3.8, 4) is 0 Å². The minimum atomic E-state index is -0.459. The number of aliphatic imine (C=N–C) groups is 1. The second kappa shape index (κ2) is 9.43. The van der Waals surface area contributed by atoms with Crippen molar-refractivity contribution in [3.05, 3.63) is 29.8 Å². The number of carbonyl (C=O) groups excluding carboxylic acids is 1. The third kappa shape index (κ3) is 5.02. The molecule has 26 heavy (non-hydrogen) atoms. The smallest absolute Gasteiger partial charge is 0.411 e. The Morgan fingerprint density at radius 1 is 1.27 bits per heavy atom. The number of methoxy groups -OCH3 is 1. The zero-order valence-electron chi connectivity index (χ0n) is 15.6. The van der Waals surface area contributed by atoms with Crippen molar-refractivity contribution in [2.24, 2.45) is 10.4 Å². The van der Waals surface area contributed by atoms with E-state index < -0.39 is 6.09 Å². The number of anilines is 1. The Kier molecular flexibility index (Phi) is 7.55. The van der Waals surface area contributed by atoms with Crippen LogP contribution in [0, 0.1) is 5.41 Å². The summed E-state index contributed by atoms with van der Waals surface area (Å²) in [5, 5.41) is 6.08. The molecule has 0 unspecified atom stereocenters. The zero-order valence-corrected chi connectivity index (χ0v) is 17.9. The quantitative estimate of drug-likeness (QED) is 0.397. The Bertz CT molecular complexity index is 629. The molecule has 1 aromatic rings. The van der Waals surface area contributed by atoms with Gasteiger partial charge in [0.2, 0.25) is 0 Å². The van der Waals surface area contributed by atoms with Crippen molar-refractivity contribution in [1.29, 1.82) is 0 Å². The first-order valence-electron chi connectivity index (χ1n) is 9.11. The van der Waals surface area contributed by atoms with Gasteiger partial charge in [-0.3, -0.25) is 5.32 Å². The molecule has 0 radical (unpaired) electrons. The van der Waals surface area contributed by atoms with Crippen LogP contribution in [0.5, 0.6) is 0 Å². The first-order chi connectivity index (χ1) is 12.1. The van der Waals surface area contributed by atoms with Crippen LogP contribution in [0.15, 0.2) is 29.3 Å². The molecule has 1 aliphatic carbocycles. The van der Waals surface area contributed by atoms with Crippen LogP contribution in [0.3, 0.4) is 0 Å². The van der Waals surface area contributed by atoms with Crippen molar-refractivity contribution >= 4 is 41.7 Å². The van der Waals surface area contributed by atoms with Gasteiger partial charge in [0.1, 0.15) is 0 Å². The van der Waals surface area contributed by atoms with Crippen LogP contribution in [-0.2, 0) is 11.3 Å². The molecule has 1 saturated heterocycles. The summed E-state index contributed by atoms with van der Waals surface area (Å²) in [5.74, 6) is 1.02. The lowest BCUT2D eigenvalue weighted by Gasteiger charge is -2.38. The van der Waals surface area contributed by atoms with Crippen LogP contribution in [0.25, 0.3) is 0 Å². The minimum Gasteiger partial charge on any atom is -0.453 e. The molecule has 0 bridgehead atoms. The van der Waals surface area contributed by atoms with E-state index in [4.69, 9.17) is 4.99 Å². The first kappa shape index (κ1) is 20.8. The SMILES string of the molecule is CCNC(=NCc1ccc(NC(=O)OC)cc1)N1CCC2(CCC2)C1.I. The summed E-state index contributed by atoms with van der Waals surface area (Å²) in [6, 6.07) is 7.70. The van der Waals surface area contributed by atoms with E-state index >= 15 is 0 Å². The molecule has 1 spiro atoms. The predicted molar refractivity (Wildman–Crippen MR) is 115 cm³/mol. The van der Waals surface area contributed by atoms with E-state index in [9.17, 15) is 4.79 Å². The highest BCUT2D eigenvalue weighted by molar-refractivity contribution is 14.0. The minimum absolute atomic E-state index is 0. The fourth-order valence-electron chi connectivity index (χ4n) is 3.66. The van der Waals surface area contributed by atoms with Gasteiger partial charge in [-0.15, -0.1) is 24.0 Å². The van der Waals surface area contributed by atoms with E-state index in [0.29, 0.717) is 12.0 Å². The van der Waals surface area contributed by atoms with Crippen LogP contribution < -0.4 is 10.6 Å². The maximum Gasteiger partial charge on any atom is 0.411 e. The average molecular weight is 472 g/mol. The molecule has 1 aliphatic heterocycles. The number of hydrogen-bond donors (Lipinski definition) is 2. The molecule has 1 heterocycles. The molecule has 144 valence electrons. The van der Waals surface area contributed by atoms with Crippen LogP contribution in [0.4, 0.5) is 10.5 Å². The number of halogens is 1. The van der Waals surface area contributed by atoms with Gasteiger partial charge in [0.15, 0.2) is 5.96 Å². The largest absolute Gasteiger partial charge is 0.453 e. The molecule has 1 saturated carbocycles. The highest BCUT2D eigenvalue weighted by atomic mass is 127. The molecule has 1 amide bonds. The molecule has 0 atom stereocenters. The molecule has 2 aliphatic rings. The van der Waals surface area contributed by atoms with Gasteiger partial charge in [0.25, 0.3) is 0 Å². The molecule has 0 aromatic heterocycles. The van der Waals surface area contributed by atoms with Crippen LogP contribution in [-0.4, -0.2) is 43.7 Å². The third-order valence-electron chi connectivity index (χ3n) is 5.28. The summed E-state index contributed by atoms with van der Waals surface area (Å²) in [6.45, 7) is 5.86. The van der Waals surface area contributed by atoms with Gasteiger partial charge in [-0.25, -0.2) is 9.79 Å². The Hall–Kier alpha value is -1.51. The lowest BCUT2D eigenvalue weighted by molar-refractivity contribution is 0.151. The second-order valence-electron chi connectivity index (χ2n) is 7.01.